The van der Waals surface area contributed by atoms with Crippen LogP contribution in [0.5, 0.6) is 0 Å². The maximum absolute atomic E-state index is 12.2. The van der Waals surface area contributed by atoms with Gasteiger partial charge in [-0.15, -0.1) is 0 Å². The van der Waals surface area contributed by atoms with E-state index in [1.54, 1.807) is 0 Å². The Morgan fingerprint density at radius 2 is 1.70 bits per heavy atom. The summed E-state index contributed by atoms with van der Waals surface area (Å²) in [5.74, 6) is 0.544. The molecule has 0 aromatic rings. The lowest BCUT2D eigenvalue weighted by atomic mass is 9.96. The van der Waals surface area contributed by atoms with Gasteiger partial charge in [-0.25, -0.2) is 4.79 Å². The van der Waals surface area contributed by atoms with Gasteiger partial charge in [0.1, 0.15) is 0 Å². The number of hydrogen-bond acceptors (Lipinski definition) is 2. The van der Waals surface area contributed by atoms with E-state index in [0.717, 1.165) is 32.4 Å². The Morgan fingerprint density at radius 1 is 1.05 bits per heavy atom. The van der Waals surface area contributed by atoms with E-state index >= 15 is 0 Å². The molecule has 1 heterocycles. The van der Waals surface area contributed by atoms with Gasteiger partial charge >= 0.3 is 12.0 Å². The second-order valence-electron chi connectivity index (χ2n) is 6.68. The lowest BCUT2D eigenvalue weighted by molar-refractivity contribution is -0.142. The minimum Gasteiger partial charge on any atom is -0.481 e. The van der Waals surface area contributed by atoms with Crippen molar-refractivity contribution in [3.8, 4) is 0 Å². The molecule has 0 aromatic heterocycles. The molecule has 0 aromatic carbocycles. The number of hydrogen-bond donors (Lipinski definition) is 2. The summed E-state index contributed by atoms with van der Waals surface area (Å²) < 4.78 is 0. The summed E-state index contributed by atoms with van der Waals surface area (Å²) in [5, 5.41) is 12.1. The minimum absolute atomic E-state index is 0.00967. The summed E-state index contributed by atoms with van der Waals surface area (Å²) in [6.07, 6.45) is 6.47. The molecule has 3 aliphatic rings. The Labute approximate surface area is 119 Å². The number of fused-ring (bicyclic) bond motifs is 1. The molecule has 4 atom stereocenters. The van der Waals surface area contributed by atoms with Gasteiger partial charge in [-0.2, -0.15) is 0 Å². The van der Waals surface area contributed by atoms with E-state index in [4.69, 9.17) is 5.11 Å². The van der Waals surface area contributed by atoms with Crippen LogP contribution in [0.15, 0.2) is 0 Å². The van der Waals surface area contributed by atoms with Gasteiger partial charge in [-0.1, -0.05) is 12.8 Å². The first-order valence-electron chi connectivity index (χ1n) is 7.90. The second kappa shape index (κ2) is 5.62. The Hall–Kier alpha value is -1.26. The zero-order valence-corrected chi connectivity index (χ0v) is 11.9. The molecule has 5 nitrogen and oxygen atoms in total. The third kappa shape index (κ3) is 2.63. The SMILES string of the molecule is O=C(O)C1CCCC1CNC(=O)N1CC2CCCC2C1. The van der Waals surface area contributed by atoms with Crippen LogP contribution in [-0.2, 0) is 4.79 Å². The molecule has 2 saturated carbocycles. The van der Waals surface area contributed by atoms with Crippen LogP contribution < -0.4 is 5.32 Å². The molecular formula is C15H24N2O3. The van der Waals surface area contributed by atoms with Crippen molar-refractivity contribution in [2.45, 2.75) is 38.5 Å². The van der Waals surface area contributed by atoms with Crippen molar-refractivity contribution in [1.29, 1.82) is 0 Å². The molecule has 0 spiro atoms. The van der Waals surface area contributed by atoms with Crippen molar-refractivity contribution in [3.05, 3.63) is 0 Å². The van der Waals surface area contributed by atoms with Crippen LogP contribution >= 0.6 is 0 Å². The quantitative estimate of drug-likeness (QED) is 0.830. The third-order valence-electron chi connectivity index (χ3n) is 5.51. The minimum atomic E-state index is -0.711. The number of carboxylic acids is 1. The summed E-state index contributed by atoms with van der Waals surface area (Å²) in [7, 11) is 0. The summed E-state index contributed by atoms with van der Waals surface area (Å²) in [4.78, 5) is 25.2. The predicted octanol–water partition coefficient (Wildman–Crippen LogP) is 1.93. The highest BCUT2D eigenvalue weighted by atomic mass is 16.4. The van der Waals surface area contributed by atoms with E-state index in [0.29, 0.717) is 18.4 Å². The van der Waals surface area contributed by atoms with E-state index in [9.17, 15) is 9.59 Å². The highest BCUT2D eigenvalue weighted by molar-refractivity contribution is 5.75. The number of aliphatic carboxylic acids is 1. The predicted molar refractivity (Wildman–Crippen MR) is 74.3 cm³/mol. The monoisotopic (exact) mass is 280 g/mol. The van der Waals surface area contributed by atoms with Gasteiger partial charge in [-0.3, -0.25) is 4.79 Å². The van der Waals surface area contributed by atoms with Crippen LogP contribution in [0.1, 0.15) is 38.5 Å². The fraction of sp³-hybridized carbons (Fsp3) is 0.867. The maximum atomic E-state index is 12.2. The zero-order chi connectivity index (χ0) is 14.1. The molecule has 5 heteroatoms. The maximum Gasteiger partial charge on any atom is 0.317 e. The van der Waals surface area contributed by atoms with Crippen molar-refractivity contribution in [3.63, 3.8) is 0 Å². The molecule has 3 fully saturated rings. The number of nitrogens with one attached hydrogen (secondary N) is 1. The highest BCUT2D eigenvalue weighted by Gasteiger charge is 2.38. The average Bonchev–Trinajstić information content (AvgIpc) is 3.09. The fourth-order valence-electron chi connectivity index (χ4n) is 4.34. The summed E-state index contributed by atoms with van der Waals surface area (Å²) in [5.41, 5.74) is 0. The number of rotatable bonds is 3. The number of amides is 2. The molecule has 20 heavy (non-hydrogen) atoms. The Morgan fingerprint density at radius 3 is 2.35 bits per heavy atom. The first-order valence-corrected chi connectivity index (χ1v) is 7.90. The van der Waals surface area contributed by atoms with Crippen molar-refractivity contribution in [1.82, 2.24) is 10.2 Å². The van der Waals surface area contributed by atoms with Crippen LogP contribution in [0, 0.1) is 23.7 Å². The van der Waals surface area contributed by atoms with Crippen molar-refractivity contribution >= 4 is 12.0 Å². The molecule has 4 unspecified atom stereocenters. The Balaban J connectivity index is 1.46. The van der Waals surface area contributed by atoms with E-state index < -0.39 is 5.97 Å². The summed E-state index contributed by atoms with van der Waals surface area (Å²) >= 11 is 0. The molecule has 1 saturated heterocycles. The van der Waals surface area contributed by atoms with Gasteiger partial charge in [0.05, 0.1) is 5.92 Å². The van der Waals surface area contributed by atoms with Crippen LogP contribution in [0.25, 0.3) is 0 Å². The van der Waals surface area contributed by atoms with E-state index in [1.165, 1.54) is 19.3 Å². The van der Waals surface area contributed by atoms with Gasteiger partial charge in [0.15, 0.2) is 0 Å². The third-order valence-corrected chi connectivity index (χ3v) is 5.51. The molecule has 0 bridgehead atoms. The van der Waals surface area contributed by atoms with Crippen LogP contribution in [-0.4, -0.2) is 41.6 Å². The van der Waals surface area contributed by atoms with Gasteiger partial charge in [0.25, 0.3) is 0 Å². The smallest absolute Gasteiger partial charge is 0.317 e. The Bertz CT molecular complexity index is 387. The molecule has 2 N–H and O–H groups in total. The standard InChI is InChI=1S/C15H24N2O3/c18-14(19)13-6-2-3-10(13)7-16-15(20)17-8-11-4-1-5-12(11)9-17/h10-13H,1-9H2,(H,16,20)(H,18,19). The van der Waals surface area contributed by atoms with E-state index in [1.807, 2.05) is 4.90 Å². The topological polar surface area (TPSA) is 69.6 Å². The number of urea groups is 1. The number of carboxylic acid groups (broad SMARTS) is 1. The normalized spacial score (nSPS) is 36.1. The Kier molecular flexibility index (Phi) is 3.85. The largest absolute Gasteiger partial charge is 0.481 e. The van der Waals surface area contributed by atoms with E-state index in [-0.39, 0.29) is 17.9 Å². The lowest BCUT2D eigenvalue weighted by Crippen LogP contribution is -2.42. The number of nitrogens with zero attached hydrogens (tertiary/aromatic N) is 1. The first-order chi connectivity index (χ1) is 9.65. The molecule has 1 aliphatic heterocycles. The molecule has 2 aliphatic carbocycles. The summed E-state index contributed by atoms with van der Waals surface area (Å²) in [6, 6.07) is 0.00967. The number of carbonyl (C=O) groups is 2. The van der Waals surface area contributed by atoms with Gasteiger partial charge in [-0.05, 0) is 43.4 Å². The van der Waals surface area contributed by atoms with E-state index in [2.05, 4.69) is 5.32 Å². The molecule has 2 amide bonds. The average molecular weight is 280 g/mol. The van der Waals surface area contributed by atoms with Crippen molar-refractivity contribution < 1.29 is 14.7 Å². The van der Waals surface area contributed by atoms with Gasteiger partial charge < -0.3 is 15.3 Å². The zero-order valence-electron chi connectivity index (χ0n) is 11.9. The van der Waals surface area contributed by atoms with Crippen LogP contribution in [0.4, 0.5) is 4.79 Å². The van der Waals surface area contributed by atoms with Crippen LogP contribution in [0.2, 0.25) is 0 Å². The van der Waals surface area contributed by atoms with Crippen LogP contribution in [0.3, 0.4) is 0 Å². The van der Waals surface area contributed by atoms with Gasteiger partial charge in [0, 0.05) is 19.6 Å². The highest BCUT2D eigenvalue weighted by Crippen LogP contribution is 2.37. The molecular weight excluding hydrogens is 256 g/mol. The van der Waals surface area contributed by atoms with Crippen molar-refractivity contribution in [2.75, 3.05) is 19.6 Å². The fourth-order valence-corrected chi connectivity index (χ4v) is 4.34. The number of likely N-dealkylation sites (tertiary alicyclic amines) is 1. The number of carbonyl (C=O) groups excluding carboxylic acids is 1. The van der Waals surface area contributed by atoms with Gasteiger partial charge in [0.2, 0.25) is 0 Å². The summed E-state index contributed by atoms with van der Waals surface area (Å²) in [6.45, 7) is 2.30. The van der Waals surface area contributed by atoms with Crippen molar-refractivity contribution in [2.24, 2.45) is 23.7 Å². The molecule has 112 valence electrons. The first kappa shape index (κ1) is 13.7. The second-order valence-corrected chi connectivity index (χ2v) is 6.68. The lowest BCUT2D eigenvalue weighted by Gasteiger charge is -2.21. The molecule has 0 radical (unpaired) electrons. The molecule has 3 rings (SSSR count).